The molecule has 3 aromatic heterocycles. The molecule has 0 fully saturated rings. The van der Waals surface area contributed by atoms with Crippen LogP contribution in [0.3, 0.4) is 0 Å². The molecule has 0 aliphatic rings. The quantitative estimate of drug-likeness (QED) is 0.477. The van der Waals surface area contributed by atoms with E-state index in [0.29, 0.717) is 13.1 Å². The zero-order valence-electron chi connectivity index (χ0n) is 13.3. The summed E-state index contributed by atoms with van der Waals surface area (Å²) in [6, 6.07) is 12.0. The van der Waals surface area contributed by atoms with Gasteiger partial charge in [0.25, 0.3) is 5.91 Å². The van der Waals surface area contributed by atoms with E-state index in [1.807, 2.05) is 41.8 Å². The number of aromatic nitrogens is 2. The van der Waals surface area contributed by atoms with Crippen LogP contribution < -0.4 is 10.6 Å². The number of fused-ring (bicyclic) bond motifs is 1. The van der Waals surface area contributed by atoms with Gasteiger partial charge in [0.1, 0.15) is 0 Å². The normalized spacial score (nSPS) is 10.9. The Balaban J connectivity index is 1.51. The van der Waals surface area contributed by atoms with Crippen LogP contribution in [0.5, 0.6) is 0 Å². The number of nitrogens with one attached hydrogen (secondary N) is 3. The molecule has 0 radical (unpaired) electrons. The van der Waals surface area contributed by atoms with Crippen LogP contribution >= 0.6 is 22.7 Å². The number of carbonyl (C=O) groups excluding carboxylic acids is 1. The lowest BCUT2D eigenvalue weighted by Gasteiger charge is -2.06. The Morgan fingerprint density at radius 2 is 2.16 bits per heavy atom. The van der Waals surface area contributed by atoms with Gasteiger partial charge >= 0.3 is 0 Å². The summed E-state index contributed by atoms with van der Waals surface area (Å²) in [6.45, 7) is 1.23. The maximum Gasteiger partial charge on any atom is 0.261 e. The molecule has 4 rings (SSSR count). The molecule has 0 aliphatic carbocycles. The molecule has 0 bridgehead atoms. The number of rotatable bonds is 6. The lowest BCUT2D eigenvalue weighted by molar-refractivity contribution is 0.0955. The van der Waals surface area contributed by atoms with Crippen LogP contribution in [0.25, 0.3) is 10.1 Å². The second-order valence-electron chi connectivity index (χ2n) is 5.52. The molecule has 0 aliphatic heterocycles. The molecule has 3 heterocycles. The fourth-order valence-electron chi connectivity index (χ4n) is 2.57. The predicted octanol–water partition coefficient (Wildman–Crippen LogP) is 4.23. The second kappa shape index (κ2) is 7.08. The number of hydrogen-bond acceptors (Lipinski definition) is 5. The molecule has 1 amide bonds. The van der Waals surface area contributed by atoms with E-state index in [1.54, 1.807) is 23.9 Å². The summed E-state index contributed by atoms with van der Waals surface area (Å²) >= 11 is 3.15. The second-order valence-corrected chi connectivity index (χ2v) is 7.64. The summed E-state index contributed by atoms with van der Waals surface area (Å²) in [5, 5.41) is 9.46. The third-order valence-corrected chi connectivity index (χ3v) is 5.79. The molecule has 1 aromatic carbocycles. The first kappa shape index (κ1) is 15.9. The third-order valence-electron chi connectivity index (χ3n) is 3.81. The zero-order chi connectivity index (χ0) is 17.1. The van der Waals surface area contributed by atoms with Crippen molar-refractivity contribution < 1.29 is 4.79 Å². The van der Waals surface area contributed by atoms with Crippen molar-refractivity contribution in [3.8, 4) is 0 Å². The molecule has 0 unspecified atom stereocenters. The zero-order valence-corrected chi connectivity index (χ0v) is 14.9. The van der Waals surface area contributed by atoms with Crippen LogP contribution in [-0.2, 0) is 13.1 Å². The van der Waals surface area contributed by atoms with Crippen molar-refractivity contribution in [3.05, 3.63) is 69.8 Å². The van der Waals surface area contributed by atoms with E-state index < -0.39 is 0 Å². The van der Waals surface area contributed by atoms with Crippen molar-refractivity contribution in [2.75, 3.05) is 5.32 Å². The minimum Gasteiger partial charge on any atom is -0.379 e. The van der Waals surface area contributed by atoms with Crippen LogP contribution in [0, 0.1) is 0 Å². The number of aromatic amines is 1. The highest BCUT2D eigenvalue weighted by atomic mass is 32.1. The molecule has 25 heavy (non-hydrogen) atoms. The first-order chi connectivity index (χ1) is 12.3. The standard InChI is InChI=1S/C18H16N4OS2/c23-18(21-10-13-3-2-6-24-13)17-7-14-15(4-1-5-16(14)25-17)20-9-12-8-19-11-22-12/h1-8,11,20H,9-10H2,(H,19,22)(H,21,23). The van der Waals surface area contributed by atoms with Gasteiger partial charge in [-0.25, -0.2) is 4.98 Å². The van der Waals surface area contributed by atoms with Gasteiger partial charge in [0.15, 0.2) is 0 Å². The van der Waals surface area contributed by atoms with Gasteiger partial charge in [-0.3, -0.25) is 4.79 Å². The highest BCUT2D eigenvalue weighted by molar-refractivity contribution is 7.20. The highest BCUT2D eigenvalue weighted by Crippen LogP contribution is 2.31. The Labute approximate surface area is 152 Å². The molecule has 0 spiro atoms. The number of benzene rings is 1. The van der Waals surface area contributed by atoms with Crippen molar-refractivity contribution >= 4 is 44.4 Å². The number of imidazole rings is 1. The molecule has 0 atom stereocenters. The number of thiophene rings is 2. The van der Waals surface area contributed by atoms with Crippen LogP contribution in [-0.4, -0.2) is 15.9 Å². The van der Waals surface area contributed by atoms with Crippen LogP contribution in [0.1, 0.15) is 20.2 Å². The number of anilines is 1. The Morgan fingerprint density at radius 3 is 2.96 bits per heavy atom. The number of amides is 1. The number of carbonyl (C=O) groups is 1. The van der Waals surface area contributed by atoms with Gasteiger partial charge in [-0.1, -0.05) is 12.1 Å². The van der Waals surface area contributed by atoms with Gasteiger partial charge in [0.05, 0.1) is 30.0 Å². The molecule has 4 aromatic rings. The minimum absolute atomic E-state index is 0.0332. The van der Waals surface area contributed by atoms with Crippen molar-refractivity contribution in [3.63, 3.8) is 0 Å². The Bertz CT molecular complexity index is 974. The largest absolute Gasteiger partial charge is 0.379 e. The van der Waals surface area contributed by atoms with Crippen molar-refractivity contribution in [2.24, 2.45) is 0 Å². The van der Waals surface area contributed by atoms with Crippen LogP contribution in [0.2, 0.25) is 0 Å². The Morgan fingerprint density at radius 1 is 1.20 bits per heavy atom. The fraction of sp³-hybridized carbons (Fsp3) is 0.111. The summed E-state index contributed by atoms with van der Waals surface area (Å²) in [7, 11) is 0. The van der Waals surface area contributed by atoms with Crippen LogP contribution in [0.15, 0.2) is 54.3 Å². The molecule has 7 heteroatoms. The van der Waals surface area contributed by atoms with Gasteiger partial charge in [-0.15, -0.1) is 22.7 Å². The molecular weight excluding hydrogens is 352 g/mol. The smallest absolute Gasteiger partial charge is 0.261 e. The molecule has 0 saturated heterocycles. The van der Waals surface area contributed by atoms with Gasteiger partial charge < -0.3 is 15.6 Å². The van der Waals surface area contributed by atoms with Gasteiger partial charge in [0, 0.05) is 26.8 Å². The van der Waals surface area contributed by atoms with E-state index >= 15 is 0 Å². The van der Waals surface area contributed by atoms with E-state index in [-0.39, 0.29) is 5.91 Å². The van der Waals surface area contributed by atoms with Gasteiger partial charge in [0.2, 0.25) is 0 Å². The molecule has 0 saturated carbocycles. The highest BCUT2D eigenvalue weighted by Gasteiger charge is 2.12. The third kappa shape index (κ3) is 3.57. The number of H-pyrrole nitrogens is 1. The van der Waals surface area contributed by atoms with Gasteiger partial charge in [-0.2, -0.15) is 0 Å². The van der Waals surface area contributed by atoms with E-state index in [0.717, 1.165) is 31.2 Å². The number of hydrogen-bond donors (Lipinski definition) is 3. The molecule has 3 N–H and O–H groups in total. The first-order valence-electron chi connectivity index (χ1n) is 7.84. The SMILES string of the molecule is O=C(NCc1cccs1)c1cc2c(NCc3cnc[nH]3)cccc2s1. The topological polar surface area (TPSA) is 69.8 Å². The summed E-state index contributed by atoms with van der Waals surface area (Å²) < 4.78 is 1.09. The van der Waals surface area contributed by atoms with E-state index in [9.17, 15) is 4.79 Å². The Hall–Kier alpha value is -2.64. The van der Waals surface area contributed by atoms with Gasteiger partial charge in [-0.05, 0) is 29.6 Å². The maximum absolute atomic E-state index is 12.4. The summed E-state index contributed by atoms with van der Waals surface area (Å²) in [5.74, 6) is -0.0332. The monoisotopic (exact) mass is 368 g/mol. The summed E-state index contributed by atoms with van der Waals surface area (Å²) in [4.78, 5) is 21.4. The number of nitrogens with zero attached hydrogens (tertiary/aromatic N) is 1. The summed E-state index contributed by atoms with van der Waals surface area (Å²) in [6.07, 6.45) is 3.46. The molecule has 5 nitrogen and oxygen atoms in total. The molecular formula is C18H16N4OS2. The van der Waals surface area contributed by atoms with Crippen molar-refractivity contribution in [1.29, 1.82) is 0 Å². The Kier molecular flexibility index (Phi) is 4.49. The minimum atomic E-state index is -0.0332. The fourth-order valence-corrected chi connectivity index (χ4v) is 4.22. The molecule has 126 valence electrons. The van der Waals surface area contributed by atoms with Crippen LogP contribution in [0.4, 0.5) is 5.69 Å². The lowest BCUT2D eigenvalue weighted by Crippen LogP contribution is -2.21. The van der Waals surface area contributed by atoms with E-state index in [1.165, 1.54) is 11.3 Å². The lowest BCUT2D eigenvalue weighted by atomic mass is 10.2. The van der Waals surface area contributed by atoms with Crippen molar-refractivity contribution in [1.82, 2.24) is 15.3 Å². The van der Waals surface area contributed by atoms with E-state index in [2.05, 4.69) is 20.6 Å². The maximum atomic E-state index is 12.4. The average molecular weight is 368 g/mol. The average Bonchev–Trinajstić information content (AvgIpc) is 3.39. The predicted molar refractivity (Wildman–Crippen MR) is 103 cm³/mol. The summed E-state index contributed by atoms with van der Waals surface area (Å²) in [5.41, 5.74) is 2.03. The first-order valence-corrected chi connectivity index (χ1v) is 9.53. The van der Waals surface area contributed by atoms with Crippen molar-refractivity contribution in [2.45, 2.75) is 13.1 Å². The van der Waals surface area contributed by atoms with E-state index in [4.69, 9.17) is 0 Å².